The molecule has 0 aromatic heterocycles. The summed E-state index contributed by atoms with van der Waals surface area (Å²) in [5.41, 5.74) is 0.582. The summed E-state index contributed by atoms with van der Waals surface area (Å²) < 4.78 is 17.1. The molecule has 0 radical (unpaired) electrons. The Labute approximate surface area is 150 Å². The van der Waals surface area contributed by atoms with E-state index in [0.29, 0.717) is 48.7 Å². The van der Waals surface area contributed by atoms with Crippen LogP contribution >= 0.6 is 0 Å². The molecule has 1 aromatic rings. The number of benzene rings is 1. The largest absolute Gasteiger partial charge is 0.490 e. The molecule has 140 valence electrons. The highest BCUT2D eigenvalue weighted by Crippen LogP contribution is 2.39. The molecule has 1 aromatic carbocycles. The number of rotatable bonds is 8. The number of likely N-dealkylation sites (tertiary alicyclic amines) is 1. The number of hydrogen-bond donors (Lipinski definition) is 1. The van der Waals surface area contributed by atoms with Gasteiger partial charge in [-0.2, -0.15) is 0 Å². The average Bonchev–Trinajstić information content (AvgIpc) is 2.64. The van der Waals surface area contributed by atoms with Gasteiger partial charge in [0.05, 0.1) is 19.8 Å². The molecule has 0 saturated carbocycles. The summed E-state index contributed by atoms with van der Waals surface area (Å²) in [6.07, 6.45) is 1.94. The van der Waals surface area contributed by atoms with Gasteiger partial charge in [-0.1, -0.05) is 0 Å². The Morgan fingerprint density at radius 3 is 2.00 bits per heavy atom. The molecular weight excluding hydrogens is 320 g/mol. The van der Waals surface area contributed by atoms with Gasteiger partial charge < -0.3 is 24.4 Å². The van der Waals surface area contributed by atoms with Crippen molar-refractivity contribution in [3.05, 3.63) is 17.7 Å². The highest BCUT2D eigenvalue weighted by molar-refractivity contribution is 5.95. The van der Waals surface area contributed by atoms with E-state index in [9.17, 15) is 4.79 Å². The van der Waals surface area contributed by atoms with Crippen molar-refractivity contribution >= 4 is 5.91 Å². The highest BCUT2D eigenvalue weighted by Gasteiger charge is 2.25. The van der Waals surface area contributed by atoms with E-state index in [1.807, 2.05) is 32.7 Å². The van der Waals surface area contributed by atoms with Crippen molar-refractivity contribution in [3.8, 4) is 17.2 Å². The van der Waals surface area contributed by atoms with Crippen molar-refractivity contribution < 1.29 is 19.0 Å². The second-order valence-corrected chi connectivity index (χ2v) is 5.96. The topological polar surface area (TPSA) is 60.0 Å². The lowest BCUT2D eigenvalue weighted by Gasteiger charge is -2.32. The fourth-order valence-corrected chi connectivity index (χ4v) is 3.07. The van der Waals surface area contributed by atoms with Gasteiger partial charge in [0, 0.05) is 24.7 Å². The van der Waals surface area contributed by atoms with E-state index < -0.39 is 0 Å². The molecule has 6 nitrogen and oxygen atoms in total. The molecule has 1 amide bonds. The highest BCUT2D eigenvalue weighted by atomic mass is 16.5. The Balaban J connectivity index is 2.28. The summed E-state index contributed by atoms with van der Waals surface area (Å²) in [6, 6.07) is 4.02. The van der Waals surface area contributed by atoms with Crippen LogP contribution in [0.15, 0.2) is 12.1 Å². The predicted molar refractivity (Wildman–Crippen MR) is 97.9 cm³/mol. The SMILES string of the molecule is CCOc1cc(C(=O)N2CCC(NC)CC2)cc(OCC)c1OCC. The molecule has 0 atom stereocenters. The van der Waals surface area contributed by atoms with E-state index in [2.05, 4.69) is 5.32 Å². The van der Waals surface area contributed by atoms with Gasteiger partial charge in [-0.3, -0.25) is 4.79 Å². The van der Waals surface area contributed by atoms with Gasteiger partial charge in [0.1, 0.15) is 0 Å². The Morgan fingerprint density at radius 2 is 1.56 bits per heavy atom. The minimum atomic E-state index is 0.0134. The summed E-state index contributed by atoms with van der Waals surface area (Å²) >= 11 is 0. The lowest BCUT2D eigenvalue weighted by atomic mass is 10.0. The van der Waals surface area contributed by atoms with Crippen LogP contribution in [0, 0.1) is 0 Å². The lowest BCUT2D eigenvalue weighted by Crippen LogP contribution is -2.43. The molecule has 1 fully saturated rings. The van der Waals surface area contributed by atoms with Crippen LogP contribution in [0.4, 0.5) is 0 Å². The second-order valence-electron chi connectivity index (χ2n) is 5.96. The third kappa shape index (κ3) is 4.78. The molecule has 25 heavy (non-hydrogen) atoms. The van der Waals surface area contributed by atoms with Crippen LogP contribution in [0.1, 0.15) is 44.0 Å². The first kappa shape index (κ1) is 19.4. The molecule has 0 bridgehead atoms. The summed E-state index contributed by atoms with van der Waals surface area (Å²) in [5, 5.41) is 3.28. The minimum Gasteiger partial charge on any atom is -0.490 e. The summed E-state index contributed by atoms with van der Waals surface area (Å²) in [4.78, 5) is 14.8. The normalized spacial score (nSPS) is 15.1. The van der Waals surface area contributed by atoms with Crippen LogP contribution in [-0.4, -0.2) is 56.8 Å². The van der Waals surface area contributed by atoms with Crippen molar-refractivity contribution in [3.63, 3.8) is 0 Å². The number of amides is 1. The molecule has 1 N–H and O–H groups in total. The number of hydrogen-bond acceptors (Lipinski definition) is 5. The van der Waals surface area contributed by atoms with Gasteiger partial charge in [0.25, 0.3) is 5.91 Å². The molecule has 2 rings (SSSR count). The van der Waals surface area contributed by atoms with E-state index in [0.717, 1.165) is 25.9 Å². The minimum absolute atomic E-state index is 0.0134. The average molecular weight is 350 g/mol. The van der Waals surface area contributed by atoms with E-state index in [-0.39, 0.29) is 5.91 Å². The summed E-state index contributed by atoms with van der Waals surface area (Å²) in [7, 11) is 1.97. The van der Waals surface area contributed by atoms with E-state index in [1.54, 1.807) is 12.1 Å². The lowest BCUT2D eigenvalue weighted by molar-refractivity contribution is 0.0706. The van der Waals surface area contributed by atoms with Crippen LogP contribution in [0.2, 0.25) is 0 Å². The quantitative estimate of drug-likeness (QED) is 0.781. The second kappa shape index (κ2) is 9.51. The molecule has 0 unspecified atom stereocenters. The maximum atomic E-state index is 12.9. The van der Waals surface area contributed by atoms with Crippen molar-refractivity contribution in [1.82, 2.24) is 10.2 Å². The predicted octanol–water partition coefficient (Wildman–Crippen LogP) is 2.71. The standard InChI is InChI=1S/C19H30N2O4/c1-5-23-16-12-14(13-17(24-6-2)18(16)25-7-3)19(22)21-10-8-15(20-4)9-11-21/h12-13,15,20H,5-11H2,1-4H3. The Hall–Kier alpha value is -1.95. The van der Waals surface area contributed by atoms with Crippen molar-refractivity contribution in [2.45, 2.75) is 39.7 Å². The summed E-state index contributed by atoms with van der Waals surface area (Å²) in [5.74, 6) is 1.70. The van der Waals surface area contributed by atoms with E-state index >= 15 is 0 Å². The van der Waals surface area contributed by atoms with E-state index in [4.69, 9.17) is 14.2 Å². The number of piperidine rings is 1. The molecule has 1 saturated heterocycles. The first-order chi connectivity index (χ1) is 12.1. The van der Waals surface area contributed by atoms with Gasteiger partial charge in [0.2, 0.25) is 5.75 Å². The molecular formula is C19H30N2O4. The Morgan fingerprint density at radius 1 is 1.04 bits per heavy atom. The molecule has 0 spiro atoms. The first-order valence-electron chi connectivity index (χ1n) is 9.17. The number of nitrogens with zero attached hydrogens (tertiary/aromatic N) is 1. The molecule has 1 aliphatic heterocycles. The zero-order valence-electron chi connectivity index (χ0n) is 15.8. The van der Waals surface area contributed by atoms with Gasteiger partial charge in [-0.05, 0) is 52.8 Å². The molecule has 0 aliphatic carbocycles. The maximum Gasteiger partial charge on any atom is 0.254 e. The fraction of sp³-hybridized carbons (Fsp3) is 0.632. The van der Waals surface area contributed by atoms with Gasteiger partial charge in [-0.25, -0.2) is 0 Å². The first-order valence-corrected chi connectivity index (χ1v) is 9.17. The number of nitrogens with one attached hydrogen (secondary N) is 1. The van der Waals surface area contributed by atoms with Crippen LogP contribution < -0.4 is 19.5 Å². The third-order valence-electron chi connectivity index (χ3n) is 4.35. The Kier molecular flexibility index (Phi) is 7.37. The van der Waals surface area contributed by atoms with Crippen molar-refractivity contribution in [2.24, 2.45) is 0 Å². The number of carbonyl (C=O) groups excluding carboxylic acids is 1. The monoisotopic (exact) mass is 350 g/mol. The number of ether oxygens (including phenoxy) is 3. The van der Waals surface area contributed by atoms with Crippen molar-refractivity contribution in [2.75, 3.05) is 40.0 Å². The van der Waals surface area contributed by atoms with Gasteiger partial charge >= 0.3 is 0 Å². The Bertz CT molecular complexity index is 542. The van der Waals surface area contributed by atoms with E-state index in [1.165, 1.54) is 0 Å². The summed E-state index contributed by atoms with van der Waals surface area (Å²) in [6.45, 7) is 8.74. The maximum absolute atomic E-state index is 12.9. The smallest absolute Gasteiger partial charge is 0.254 e. The number of carbonyl (C=O) groups is 1. The van der Waals surface area contributed by atoms with Crippen LogP contribution in [0.5, 0.6) is 17.2 Å². The third-order valence-corrected chi connectivity index (χ3v) is 4.35. The fourth-order valence-electron chi connectivity index (χ4n) is 3.07. The molecule has 1 aliphatic rings. The van der Waals surface area contributed by atoms with Crippen LogP contribution in [0.3, 0.4) is 0 Å². The zero-order chi connectivity index (χ0) is 18.2. The van der Waals surface area contributed by atoms with Gasteiger partial charge in [0.15, 0.2) is 11.5 Å². The zero-order valence-corrected chi connectivity index (χ0v) is 15.8. The van der Waals surface area contributed by atoms with Gasteiger partial charge in [-0.15, -0.1) is 0 Å². The van der Waals surface area contributed by atoms with Crippen LogP contribution in [-0.2, 0) is 0 Å². The molecule has 1 heterocycles. The molecule has 6 heteroatoms. The van der Waals surface area contributed by atoms with Crippen LogP contribution in [0.25, 0.3) is 0 Å². The van der Waals surface area contributed by atoms with Crippen molar-refractivity contribution in [1.29, 1.82) is 0 Å².